The van der Waals surface area contributed by atoms with E-state index in [2.05, 4.69) is 0 Å². The SMILES string of the molecule is CC(C(=O)[O-])c1ccccc1.[K+]. The summed E-state index contributed by atoms with van der Waals surface area (Å²) in [6.07, 6.45) is 0. The first-order chi connectivity index (χ1) is 5.22. The Kier molecular flexibility index (Phi) is 6.04. The largest absolute Gasteiger partial charge is 1.00 e. The van der Waals surface area contributed by atoms with E-state index in [4.69, 9.17) is 0 Å². The molecule has 0 aliphatic rings. The van der Waals surface area contributed by atoms with Crippen molar-refractivity contribution < 1.29 is 61.3 Å². The molecule has 1 aromatic rings. The van der Waals surface area contributed by atoms with Gasteiger partial charge in [-0.2, -0.15) is 0 Å². The number of rotatable bonds is 2. The maximum atomic E-state index is 10.4. The van der Waals surface area contributed by atoms with Crippen molar-refractivity contribution in [1.82, 2.24) is 0 Å². The first kappa shape index (κ1) is 12.3. The molecular weight excluding hydrogens is 179 g/mol. The van der Waals surface area contributed by atoms with Crippen molar-refractivity contribution in [2.24, 2.45) is 0 Å². The van der Waals surface area contributed by atoms with E-state index >= 15 is 0 Å². The van der Waals surface area contributed by atoms with Gasteiger partial charge in [0.2, 0.25) is 0 Å². The van der Waals surface area contributed by atoms with E-state index in [1.54, 1.807) is 19.1 Å². The van der Waals surface area contributed by atoms with Crippen molar-refractivity contribution in [3.05, 3.63) is 35.9 Å². The minimum atomic E-state index is -1.03. The van der Waals surface area contributed by atoms with E-state index in [9.17, 15) is 9.90 Å². The van der Waals surface area contributed by atoms with Crippen LogP contribution in [0.2, 0.25) is 0 Å². The van der Waals surface area contributed by atoms with Crippen LogP contribution in [0.3, 0.4) is 0 Å². The second kappa shape index (κ2) is 5.88. The van der Waals surface area contributed by atoms with Gasteiger partial charge in [-0.25, -0.2) is 0 Å². The summed E-state index contributed by atoms with van der Waals surface area (Å²) < 4.78 is 0. The molecule has 1 rings (SSSR count). The van der Waals surface area contributed by atoms with Gasteiger partial charge in [0.25, 0.3) is 0 Å². The van der Waals surface area contributed by atoms with Crippen LogP contribution in [-0.2, 0) is 4.79 Å². The molecule has 3 heteroatoms. The fourth-order valence-electron chi connectivity index (χ4n) is 0.878. The number of carboxylic acids is 1. The van der Waals surface area contributed by atoms with Crippen LogP contribution in [0.5, 0.6) is 0 Å². The molecule has 0 aromatic heterocycles. The normalized spacial score (nSPS) is 11.4. The van der Waals surface area contributed by atoms with Crippen LogP contribution in [0.15, 0.2) is 30.3 Å². The van der Waals surface area contributed by atoms with Crippen molar-refractivity contribution >= 4 is 5.97 Å². The molecule has 58 valence electrons. The molecular formula is C9H9KO2. The molecule has 0 radical (unpaired) electrons. The smallest absolute Gasteiger partial charge is 0.550 e. The molecule has 0 bridgehead atoms. The van der Waals surface area contributed by atoms with Gasteiger partial charge in [-0.1, -0.05) is 37.3 Å². The van der Waals surface area contributed by atoms with Crippen LogP contribution in [-0.4, -0.2) is 5.97 Å². The van der Waals surface area contributed by atoms with Crippen molar-refractivity contribution in [2.45, 2.75) is 12.8 Å². The second-order valence-electron chi connectivity index (χ2n) is 2.45. The Morgan fingerprint density at radius 2 is 1.83 bits per heavy atom. The van der Waals surface area contributed by atoms with E-state index in [-0.39, 0.29) is 51.4 Å². The summed E-state index contributed by atoms with van der Waals surface area (Å²) >= 11 is 0. The van der Waals surface area contributed by atoms with Crippen molar-refractivity contribution in [2.75, 3.05) is 0 Å². The maximum absolute atomic E-state index is 10.4. The first-order valence-corrected chi connectivity index (χ1v) is 3.47. The zero-order valence-corrected chi connectivity index (χ0v) is 10.4. The third-order valence-electron chi connectivity index (χ3n) is 1.65. The zero-order valence-electron chi connectivity index (χ0n) is 7.28. The van der Waals surface area contributed by atoms with E-state index in [1.165, 1.54) is 0 Å². The molecule has 0 saturated heterocycles. The van der Waals surface area contributed by atoms with Gasteiger partial charge in [0.05, 0.1) is 0 Å². The Balaban J connectivity index is 0.00000121. The minimum absolute atomic E-state index is 0. The fourth-order valence-corrected chi connectivity index (χ4v) is 0.878. The number of hydrogen-bond acceptors (Lipinski definition) is 2. The summed E-state index contributed by atoms with van der Waals surface area (Å²) in [5.74, 6) is -1.55. The van der Waals surface area contributed by atoms with E-state index in [0.717, 1.165) is 5.56 Å². The molecule has 1 aromatic carbocycles. The van der Waals surface area contributed by atoms with Crippen LogP contribution in [0, 0.1) is 0 Å². The fraction of sp³-hybridized carbons (Fsp3) is 0.222. The van der Waals surface area contributed by atoms with Gasteiger partial charge in [0.15, 0.2) is 0 Å². The summed E-state index contributed by atoms with van der Waals surface area (Å²) in [5.41, 5.74) is 0.785. The predicted octanol–water partition coefficient (Wildman–Crippen LogP) is -2.46. The summed E-state index contributed by atoms with van der Waals surface area (Å²) in [6.45, 7) is 1.62. The number of carbonyl (C=O) groups is 1. The monoisotopic (exact) mass is 188 g/mol. The molecule has 2 nitrogen and oxygen atoms in total. The van der Waals surface area contributed by atoms with Gasteiger partial charge in [-0.3, -0.25) is 0 Å². The van der Waals surface area contributed by atoms with Crippen molar-refractivity contribution in [3.8, 4) is 0 Å². The van der Waals surface area contributed by atoms with E-state index in [1.807, 2.05) is 18.2 Å². The predicted molar refractivity (Wildman–Crippen MR) is 39.9 cm³/mol. The molecule has 1 unspecified atom stereocenters. The van der Waals surface area contributed by atoms with Gasteiger partial charge < -0.3 is 9.90 Å². The first-order valence-electron chi connectivity index (χ1n) is 3.47. The minimum Gasteiger partial charge on any atom is -0.550 e. The standard InChI is InChI=1S/C9H10O2.K/c1-7(9(10)11)8-5-3-2-4-6-8;/h2-7H,1H3,(H,10,11);/q;+1/p-1. The average molecular weight is 188 g/mol. The quantitative estimate of drug-likeness (QED) is 0.483. The Bertz CT molecular complexity index is 246. The van der Waals surface area contributed by atoms with Gasteiger partial charge in [-0.15, -0.1) is 0 Å². The topological polar surface area (TPSA) is 40.1 Å². The molecule has 0 amide bonds. The Morgan fingerprint density at radius 3 is 2.25 bits per heavy atom. The second-order valence-corrected chi connectivity index (χ2v) is 2.45. The molecule has 0 fully saturated rings. The number of aliphatic carboxylic acids is 1. The third kappa shape index (κ3) is 3.37. The van der Waals surface area contributed by atoms with E-state index < -0.39 is 11.9 Å². The van der Waals surface area contributed by atoms with Crippen molar-refractivity contribution in [3.63, 3.8) is 0 Å². The van der Waals surface area contributed by atoms with Crippen LogP contribution in [0.4, 0.5) is 0 Å². The number of carboxylic acid groups (broad SMARTS) is 1. The zero-order chi connectivity index (χ0) is 8.27. The number of benzene rings is 1. The average Bonchev–Trinajstić information content (AvgIpc) is 2.05. The molecule has 0 N–H and O–H groups in total. The van der Waals surface area contributed by atoms with Crippen LogP contribution in [0.1, 0.15) is 18.4 Å². The van der Waals surface area contributed by atoms with Crippen LogP contribution < -0.4 is 56.5 Å². The number of hydrogen-bond donors (Lipinski definition) is 0. The van der Waals surface area contributed by atoms with Crippen LogP contribution in [0.25, 0.3) is 0 Å². The summed E-state index contributed by atoms with van der Waals surface area (Å²) in [6, 6.07) is 9.04. The van der Waals surface area contributed by atoms with Crippen LogP contribution >= 0.6 is 0 Å². The molecule has 0 spiro atoms. The summed E-state index contributed by atoms with van der Waals surface area (Å²) in [5, 5.41) is 10.4. The molecule has 0 aliphatic carbocycles. The summed E-state index contributed by atoms with van der Waals surface area (Å²) in [4.78, 5) is 10.4. The molecule has 0 saturated carbocycles. The maximum Gasteiger partial charge on any atom is 1.00 e. The Labute approximate surface area is 114 Å². The number of carbonyl (C=O) groups excluding carboxylic acids is 1. The van der Waals surface area contributed by atoms with Crippen molar-refractivity contribution in [1.29, 1.82) is 0 Å². The third-order valence-corrected chi connectivity index (χ3v) is 1.65. The van der Waals surface area contributed by atoms with Gasteiger partial charge in [-0.05, 0) is 5.56 Å². The Hall–Kier alpha value is 0.326. The van der Waals surface area contributed by atoms with Gasteiger partial charge in [0.1, 0.15) is 0 Å². The molecule has 0 aliphatic heterocycles. The molecule has 12 heavy (non-hydrogen) atoms. The summed E-state index contributed by atoms with van der Waals surface area (Å²) in [7, 11) is 0. The molecule has 1 atom stereocenters. The molecule has 0 heterocycles. The van der Waals surface area contributed by atoms with Gasteiger partial charge >= 0.3 is 51.4 Å². The Morgan fingerprint density at radius 1 is 1.33 bits per heavy atom. The van der Waals surface area contributed by atoms with Gasteiger partial charge in [0, 0.05) is 11.9 Å². The van der Waals surface area contributed by atoms with E-state index in [0.29, 0.717) is 0 Å².